The summed E-state index contributed by atoms with van der Waals surface area (Å²) in [7, 11) is 0. The third-order valence-corrected chi connectivity index (χ3v) is 4.00. The molecule has 2 heteroatoms. The van der Waals surface area contributed by atoms with Gasteiger partial charge < -0.3 is 5.32 Å². The van der Waals surface area contributed by atoms with Gasteiger partial charge >= 0.3 is 0 Å². The normalized spacial score (nSPS) is 27.1. The van der Waals surface area contributed by atoms with Gasteiger partial charge in [-0.15, -0.1) is 0 Å². The quantitative estimate of drug-likeness (QED) is 0.877. The van der Waals surface area contributed by atoms with Gasteiger partial charge in [-0.1, -0.05) is 43.7 Å². The van der Waals surface area contributed by atoms with Crippen LogP contribution in [-0.2, 0) is 0 Å². The maximum Gasteiger partial charge on any atom is 0.0476 e. The summed E-state index contributed by atoms with van der Waals surface area (Å²) in [5.41, 5.74) is 1.44. The highest BCUT2D eigenvalue weighted by Crippen LogP contribution is 2.26. The molecule has 0 aromatic heterocycles. The highest BCUT2D eigenvalue weighted by Gasteiger charge is 2.29. The second-order valence-electron chi connectivity index (χ2n) is 5.57. The van der Waals surface area contributed by atoms with Crippen LogP contribution in [0.15, 0.2) is 30.3 Å². The van der Waals surface area contributed by atoms with Crippen molar-refractivity contribution < 1.29 is 0 Å². The van der Waals surface area contributed by atoms with Crippen molar-refractivity contribution in [1.29, 1.82) is 0 Å². The lowest BCUT2D eigenvalue weighted by atomic mass is 9.98. The Morgan fingerprint density at radius 2 is 2.06 bits per heavy atom. The zero-order valence-corrected chi connectivity index (χ0v) is 11.9. The van der Waals surface area contributed by atoms with E-state index in [1.807, 2.05) is 0 Å². The Morgan fingerprint density at radius 3 is 2.72 bits per heavy atom. The fraction of sp³-hybridized carbons (Fsp3) is 0.625. The molecule has 1 aliphatic rings. The van der Waals surface area contributed by atoms with Crippen LogP contribution in [-0.4, -0.2) is 30.1 Å². The van der Waals surface area contributed by atoms with Crippen molar-refractivity contribution in [1.82, 2.24) is 10.2 Å². The Kier molecular flexibility index (Phi) is 4.79. The number of nitrogens with one attached hydrogen (secondary N) is 1. The average molecular weight is 246 g/mol. The molecule has 0 radical (unpaired) electrons. The fourth-order valence-electron chi connectivity index (χ4n) is 2.99. The average Bonchev–Trinajstić information content (AvgIpc) is 2.40. The molecule has 0 bridgehead atoms. The fourth-order valence-corrected chi connectivity index (χ4v) is 2.99. The molecular formula is C16H26N2. The van der Waals surface area contributed by atoms with E-state index in [-0.39, 0.29) is 0 Å². The van der Waals surface area contributed by atoms with E-state index in [1.165, 1.54) is 18.4 Å². The number of hydrogen-bond acceptors (Lipinski definition) is 2. The van der Waals surface area contributed by atoms with Crippen molar-refractivity contribution >= 4 is 0 Å². The van der Waals surface area contributed by atoms with E-state index in [0.717, 1.165) is 13.1 Å². The van der Waals surface area contributed by atoms with E-state index in [4.69, 9.17) is 0 Å². The zero-order chi connectivity index (χ0) is 13.0. The SMILES string of the molecule is CCCC(C)N1CC(C)NCC1c1ccccc1. The summed E-state index contributed by atoms with van der Waals surface area (Å²) >= 11 is 0. The Labute approximate surface area is 111 Å². The molecule has 3 atom stereocenters. The van der Waals surface area contributed by atoms with Crippen molar-refractivity contribution in [3.05, 3.63) is 35.9 Å². The van der Waals surface area contributed by atoms with Gasteiger partial charge in [0.05, 0.1) is 0 Å². The Hall–Kier alpha value is -0.860. The van der Waals surface area contributed by atoms with Crippen LogP contribution in [0.1, 0.15) is 45.2 Å². The molecule has 0 amide bonds. The largest absolute Gasteiger partial charge is 0.311 e. The molecule has 3 unspecified atom stereocenters. The maximum atomic E-state index is 3.62. The minimum absolute atomic E-state index is 0.531. The van der Waals surface area contributed by atoms with Crippen LogP contribution >= 0.6 is 0 Å². The molecule has 1 aromatic rings. The number of rotatable bonds is 4. The second kappa shape index (κ2) is 6.35. The third kappa shape index (κ3) is 3.12. The molecule has 1 N–H and O–H groups in total. The summed E-state index contributed by atoms with van der Waals surface area (Å²) in [6, 6.07) is 12.7. The molecule has 1 fully saturated rings. The van der Waals surface area contributed by atoms with Gasteiger partial charge in [0.25, 0.3) is 0 Å². The van der Waals surface area contributed by atoms with Gasteiger partial charge in [0, 0.05) is 31.2 Å². The number of piperazine rings is 1. The van der Waals surface area contributed by atoms with E-state index < -0.39 is 0 Å². The first-order valence-corrected chi connectivity index (χ1v) is 7.26. The topological polar surface area (TPSA) is 15.3 Å². The van der Waals surface area contributed by atoms with Crippen LogP contribution in [0.5, 0.6) is 0 Å². The van der Waals surface area contributed by atoms with Gasteiger partial charge in [-0.3, -0.25) is 4.90 Å². The highest BCUT2D eigenvalue weighted by atomic mass is 15.2. The molecule has 18 heavy (non-hydrogen) atoms. The molecule has 0 aliphatic carbocycles. The first-order chi connectivity index (χ1) is 8.72. The van der Waals surface area contributed by atoms with Gasteiger partial charge in [-0.2, -0.15) is 0 Å². The lowest BCUT2D eigenvalue weighted by Crippen LogP contribution is -2.53. The Bertz CT molecular complexity index is 349. The standard InChI is InChI=1S/C16H26N2/c1-4-8-14(3)18-12-13(2)17-11-16(18)15-9-6-5-7-10-15/h5-7,9-10,13-14,16-17H,4,8,11-12H2,1-3H3. The van der Waals surface area contributed by atoms with Gasteiger partial charge in [0.1, 0.15) is 0 Å². The molecule has 1 aromatic carbocycles. The van der Waals surface area contributed by atoms with Crippen LogP contribution < -0.4 is 5.32 Å². The predicted octanol–water partition coefficient (Wildman–Crippen LogP) is 3.21. The molecule has 1 saturated heterocycles. The minimum atomic E-state index is 0.531. The third-order valence-electron chi connectivity index (χ3n) is 4.00. The summed E-state index contributed by atoms with van der Waals surface area (Å²) in [6.07, 6.45) is 2.55. The Balaban J connectivity index is 2.15. The summed E-state index contributed by atoms with van der Waals surface area (Å²) < 4.78 is 0. The van der Waals surface area contributed by atoms with Gasteiger partial charge in [0.15, 0.2) is 0 Å². The highest BCUT2D eigenvalue weighted by molar-refractivity contribution is 5.20. The summed E-state index contributed by atoms with van der Waals surface area (Å²) in [5, 5.41) is 3.62. The molecule has 100 valence electrons. The van der Waals surface area contributed by atoms with Gasteiger partial charge in [-0.25, -0.2) is 0 Å². The molecule has 1 aliphatic heterocycles. The van der Waals surface area contributed by atoms with E-state index in [2.05, 4.69) is 61.3 Å². The summed E-state index contributed by atoms with van der Waals surface area (Å²) in [6.45, 7) is 9.16. The predicted molar refractivity (Wildman–Crippen MR) is 77.7 cm³/mol. The van der Waals surface area contributed by atoms with Crippen molar-refractivity contribution in [2.75, 3.05) is 13.1 Å². The van der Waals surface area contributed by atoms with Gasteiger partial charge in [0.2, 0.25) is 0 Å². The lowest BCUT2D eigenvalue weighted by Gasteiger charge is -2.43. The number of benzene rings is 1. The number of hydrogen-bond donors (Lipinski definition) is 1. The first kappa shape index (κ1) is 13.6. The van der Waals surface area contributed by atoms with Crippen LogP contribution in [0.3, 0.4) is 0 Å². The smallest absolute Gasteiger partial charge is 0.0476 e. The molecule has 2 rings (SSSR count). The molecule has 0 saturated carbocycles. The van der Waals surface area contributed by atoms with E-state index in [9.17, 15) is 0 Å². The van der Waals surface area contributed by atoms with E-state index in [1.54, 1.807) is 0 Å². The number of nitrogens with zero attached hydrogens (tertiary/aromatic N) is 1. The van der Waals surface area contributed by atoms with Crippen LogP contribution in [0.2, 0.25) is 0 Å². The summed E-state index contributed by atoms with van der Waals surface area (Å²) in [5.74, 6) is 0. The molecular weight excluding hydrogens is 220 g/mol. The van der Waals surface area contributed by atoms with Crippen LogP contribution in [0.4, 0.5) is 0 Å². The van der Waals surface area contributed by atoms with Crippen molar-refractivity contribution in [3.63, 3.8) is 0 Å². The van der Waals surface area contributed by atoms with Crippen LogP contribution in [0, 0.1) is 0 Å². The molecule has 1 heterocycles. The van der Waals surface area contributed by atoms with Crippen molar-refractivity contribution in [2.24, 2.45) is 0 Å². The monoisotopic (exact) mass is 246 g/mol. The minimum Gasteiger partial charge on any atom is -0.311 e. The van der Waals surface area contributed by atoms with Crippen molar-refractivity contribution in [2.45, 2.75) is 51.7 Å². The molecule has 2 nitrogen and oxygen atoms in total. The lowest BCUT2D eigenvalue weighted by molar-refractivity contribution is 0.0882. The summed E-state index contributed by atoms with van der Waals surface area (Å²) in [4.78, 5) is 2.68. The second-order valence-corrected chi connectivity index (χ2v) is 5.57. The zero-order valence-electron chi connectivity index (χ0n) is 11.9. The maximum absolute atomic E-state index is 3.62. The van der Waals surface area contributed by atoms with E-state index >= 15 is 0 Å². The first-order valence-electron chi connectivity index (χ1n) is 7.26. The molecule has 0 spiro atoms. The van der Waals surface area contributed by atoms with Crippen LogP contribution in [0.25, 0.3) is 0 Å². The van der Waals surface area contributed by atoms with Crippen molar-refractivity contribution in [3.8, 4) is 0 Å². The van der Waals surface area contributed by atoms with Gasteiger partial charge in [-0.05, 0) is 25.8 Å². The Morgan fingerprint density at radius 1 is 1.33 bits per heavy atom. The van der Waals surface area contributed by atoms with E-state index in [0.29, 0.717) is 18.1 Å².